The number of hydrogen-bond donors (Lipinski definition) is 0. The second-order valence-electron chi connectivity index (χ2n) is 6.73. The van der Waals surface area contributed by atoms with E-state index in [1.54, 1.807) is 12.5 Å². The van der Waals surface area contributed by atoms with Gasteiger partial charge >= 0.3 is 0 Å². The molecule has 0 bridgehead atoms. The summed E-state index contributed by atoms with van der Waals surface area (Å²) < 4.78 is 5.44. The normalized spacial score (nSPS) is 15.3. The van der Waals surface area contributed by atoms with Crippen LogP contribution in [0.3, 0.4) is 0 Å². The largest absolute Gasteiger partial charge is 0.467 e. The average Bonchev–Trinajstić information content (AvgIpc) is 3.14. The molecule has 0 aliphatic heterocycles. The Labute approximate surface area is 143 Å². The first kappa shape index (κ1) is 16.7. The van der Waals surface area contributed by atoms with E-state index in [-0.39, 0.29) is 5.91 Å². The van der Waals surface area contributed by atoms with Crippen LogP contribution < -0.4 is 0 Å². The van der Waals surface area contributed by atoms with Crippen LogP contribution in [0.4, 0.5) is 0 Å². The highest BCUT2D eigenvalue weighted by Gasteiger charge is 2.19. The summed E-state index contributed by atoms with van der Waals surface area (Å²) in [6.45, 7) is 1.10. The molecule has 4 nitrogen and oxygen atoms in total. The Balaban J connectivity index is 1.60. The average molecular weight is 326 g/mol. The molecule has 0 radical (unpaired) electrons. The Bertz CT molecular complexity index is 604. The van der Waals surface area contributed by atoms with E-state index in [4.69, 9.17) is 4.42 Å². The van der Waals surface area contributed by atoms with E-state index in [1.165, 1.54) is 32.1 Å². The van der Waals surface area contributed by atoms with Crippen molar-refractivity contribution in [2.75, 3.05) is 0 Å². The second-order valence-corrected chi connectivity index (χ2v) is 6.73. The number of amides is 1. The summed E-state index contributed by atoms with van der Waals surface area (Å²) in [4.78, 5) is 18.8. The minimum Gasteiger partial charge on any atom is -0.467 e. The Morgan fingerprint density at radius 1 is 1.17 bits per heavy atom. The molecule has 1 aliphatic carbocycles. The van der Waals surface area contributed by atoms with Gasteiger partial charge in [-0.15, -0.1) is 0 Å². The molecular formula is C20H26N2O2. The lowest BCUT2D eigenvalue weighted by atomic mass is 9.86. The summed E-state index contributed by atoms with van der Waals surface area (Å²) in [5.41, 5.74) is 1.05. The van der Waals surface area contributed by atoms with Crippen molar-refractivity contribution >= 4 is 5.91 Å². The van der Waals surface area contributed by atoms with Gasteiger partial charge in [-0.05, 0) is 36.1 Å². The summed E-state index contributed by atoms with van der Waals surface area (Å²) in [6, 6.07) is 7.71. The van der Waals surface area contributed by atoms with Gasteiger partial charge in [0.2, 0.25) is 5.91 Å². The number of pyridine rings is 1. The molecule has 2 heterocycles. The van der Waals surface area contributed by atoms with Crippen LogP contribution in [-0.4, -0.2) is 15.8 Å². The minimum absolute atomic E-state index is 0.209. The van der Waals surface area contributed by atoms with Gasteiger partial charge in [0.05, 0.1) is 12.8 Å². The van der Waals surface area contributed by atoms with Crippen molar-refractivity contribution in [3.05, 3.63) is 54.2 Å². The molecule has 0 N–H and O–H groups in total. The van der Waals surface area contributed by atoms with E-state index in [1.807, 2.05) is 35.4 Å². The minimum atomic E-state index is 0.209. The topological polar surface area (TPSA) is 46.3 Å². The molecule has 128 valence electrons. The predicted octanol–water partition coefficient (Wildman–Crippen LogP) is 4.56. The zero-order valence-electron chi connectivity index (χ0n) is 14.2. The number of furan rings is 1. The molecule has 0 saturated heterocycles. The van der Waals surface area contributed by atoms with Crippen LogP contribution in [0, 0.1) is 5.92 Å². The lowest BCUT2D eigenvalue weighted by Crippen LogP contribution is -2.30. The third-order valence-electron chi connectivity index (χ3n) is 4.87. The maximum absolute atomic E-state index is 12.8. The molecule has 0 unspecified atom stereocenters. The standard InChI is InChI=1S/C20H26N2O2/c23-20(11-10-17-6-2-1-3-7-17)22(16-19-9-5-13-24-19)15-18-8-4-12-21-14-18/h4-5,8-9,12-14,17H,1-3,6-7,10-11,15-16H2. The van der Waals surface area contributed by atoms with E-state index in [0.29, 0.717) is 19.5 Å². The fraction of sp³-hybridized carbons (Fsp3) is 0.500. The van der Waals surface area contributed by atoms with Crippen LogP contribution in [0.5, 0.6) is 0 Å². The van der Waals surface area contributed by atoms with Crippen LogP contribution in [0.25, 0.3) is 0 Å². The van der Waals surface area contributed by atoms with Gasteiger partial charge in [-0.2, -0.15) is 0 Å². The van der Waals surface area contributed by atoms with Crippen LogP contribution in [-0.2, 0) is 17.9 Å². The lowest BCUT2D eigenvalue weighted by molar-refractivity contribution is -0.133. The first-order valence-electron chi connectivity index (χ1n) is 9.00. The maximum Gasteiger partial charge on any atom is 0.223 e. The SMILES string of the molecule is O=C(CCC1CCCCC1)N(Cc1cccnc1)Cc1ccco1. The number of carbonyl (C=O) groups excluding carboxylic acids is 1. The van der Waals surface area contributed by atoms with Gasteiger partial charge in [0.25, 0.3) is 0 Å². The van der Waals surface area contributed by atoms with Crippen LogP contribution in [0.1, 0.15) is 56.3 Å². The summed E-state index contributed by atoms with van der Waals surface area (Å²) >= 11 is 0. The lowest BCUT2D eigenvalue weighted by Gasteiger charge is -2.25. The van der Waals surface area contributed by atoms with Crippen molar-refractivity contribution in [1.82, 2.24) is 9.88 Å². The molecule has 0 spiro atoms. The summed E-state index contributed by atoms with van der Waals surface area (Å²) in [6.07, 6.45) is 13.5. The maximum atomic E-state index is 12.8. The van der Waals surface area contributed by atoms with Crippen molar-refractivity contribution in [1.29, 1.82) is 0 Å². The van der Waals surface area contributed by atoms with Crippen molar-refractivity contribution in [2.45, 2.75) is 58.0 Å². The van der Waals surface area contributed by atoms with E-state index in [0.717, 1.165) is 23.7 Å². The molecule has 2 aromatic heterocycles. The Hall–Kier alpha value is -2.10. The zero-order chi connectivity index (χ0) is 16.6. The summed E-state index contributed by atoms with van der Waals surface area (Å²) in [7, 11) is 0. The van der Waals surface area contributed by atoms with Gasteiger partial charge in [-0.3, -0.25) is 9.78 Å². The molecule has 4 heteroatoms. The number of aromatic nitrogens is 1. The molecule has 0 aromatic carbocycles. The van der Waals surface area contributed by atoms with Gasteiger partial charge in [-0.25, -0.2) is 0 Å². The second kappa shape index (κ2) is 8.67. The quantitative estimate of drug-likeness (QED) is 0.749. The van der Waals surface area contributed by atoms with E-state index < -0.39 is 0 Å². The van der Waals surface area contributed by atoms with Crippen LogP contribution >= 0.6 is 0 Å². The van der Waals surface area contributed by atoms with E-state index >= 15 is 0 Å². The Morgan fingerprint density at radius 3 is 2.75 bits per heavy atom. The van der Waals surface area contributed by atoms with Gasteiger partial charge < -0.3 is 9.32 Å². The fourth-order valence-corrected chi connectivity index (χ4v) is 3.50. The van der Waals surface area contributed by atoms with Gasteiger partial charge in [0.15, 0.2) is 0 Å². The van der Waals surface area contributed by atoms with Crippen molar-refractivity contribution in [3.8, 4) is 0 Å². The molecule has 1 saturated carbocycles. The van der Waals surface area contributed by atoms with Crippen LogP contribution in [0.2, 0.25) is 0 Å². The third kappa shape index (κ3) is 4.95. The van der Waals surface area contributed by atoms with Gasteiger partial charge in [0.1, 0.15) is 5.76 Å². The number of nitrogens with zero attached hydrogens (tertiary/aromatic N) is 2. The van der Waals surface area contributed by atoms with Crippen LogP contribution in [0.15, 0.2) is 47.3 Å². The third-order valence-corrected chi connectivity index (χ3v) is 4.87. The summed E-state index contributed by atoms with van der Waals surface area (Å²) in [5.74, 6) is 1.76. The molecule has 1 aliphatic rings. The highest BCUT2D eigenvalue weighted by molar-refractivity contribution is 5.76. The molecule has 1 fully saturated rings. The van der Waals surface area contributed by atoms with Crippen molar-refractivity contribution in [3.63, 3.8) is 0 Å². The molecule has 24 heavy (non-hydrogen) atoms. The van der Waals surface area contributed by atoms with E-state index in [9.17, 15) is 4.79 Å². The molecule has 2 aromatic rings. The van der Waals surface area contributed by atoms with Crippen molar-refractivity contribution in [2.24, 2.45) is 5.92 Å². The van der Waals surface area contributed by atoms with Gasteiger partial charge in [-0.1, -0.05) is 38.2 Å². The first-order valence-corrected chi connectivity index (χ1v) is 9.00. The molecule has 1 amide bonds. The Morgan fingerprint density at radius 2 is 2.04 bits per heavy atom. The van der Waals surface area contributed by atoms with Gasteiger partial charge in [0, 0.05) is 25.4 Å². The predicted molar refractivity (Wildman–Crippen MR) is 93.0 cm³/mol. The highest BCUT2D eigenvalue weighted by Crippen LogP contribution is 2.27. The highest BCUT2D eigenvalue weighted by atomic mass is 16.3. The Kier molecular flexibility index (Phi) is 6.05. The molecule has 3 rings (SSSR count). The fourth-order valence-electron chi connectivity index (χ4n) is 3.50. The number of hydrogen-bond acceptors (Lipinski definition) is 3. The molecule has 0 atom stereocenters. The smallest absolute Gasteiger partial charge is 0.223 e. The van der Waals surface area contributed by atoms with Crippen molar-refractivity contribution < 1.29 is 9.21 Å². The monoisotopic (exact) mass is 326 g/mol. The van der Waals surface area contributed by atoms with E-state index in [2.05, 4.69) is 4.98 Å². The summed E-state index contributed by atoms with van der Waals surface area (Å²) in [5, 5.41) is 0. The number of carbonyl (C=O) groups is 1. The number of rotatable bonds is 7. The zero-order valence-corrected chi connectivity index (χ0v) is 14.2. The first-order chi connectivity index (χ1) is 11.8. The molecular weight excluding hydrogens is 300 g/mol.